The second-order valence-electron chi connectivity index (χ2n) is 4.98. The van der Waals surface area contributed by atoms with E-state index in [4.69, 9.17) is 0 Å². The van der Waals surface area contributed by atoms with Crippen molar-refractivity contribution in [2.24, 2.45) is 0 Å². The third kappa shape index (κ3) is 3.49. The number of hydrogen-bond donors (Lipinski definition) is 1. The molecule has 1 N–H and O–H groups in total. The third-order valence-corrected chi connectivity index (χ3v) is 3.34. The van der Waals surface area contributed by atoms with E-state index in [1.165, 1.54) is 0 Å². The number of nitrogens with zero attached hydrogens (tertiary/aromatic N) is 3. The van der Waals surface area contributed by atoms with Crippen LogP contribution in [0.2, 0.25) is 0 Å². The highest BCUT2D eigenvalue weighted by molar-refractivity contribution is 9.10. The first-order valence-electron chi connectivity index (χ1n) is 5.61. The number of aromatic nitrogens is 3. The lowest BCUT2D eigenvalue weighted by Gasteiger charge is -2.17. The molecule has 0 aliphatic carbocycles. The van der Waals surface area contributed by atoms with Crippen molar-refractivity contribution >= 4 is 33.1 Å². The molecule has 6 heteroatoms. The normalized spacial score (nSPS) is 11.6. The van der Waals surface area contributed by atoms with Crippen LogP contribution in [0.25, 0.3) is 0 Å². The zero-order chi connectivity index (χ0) is 13.2. The molecule has 0 radical (unpaired) electrons. The lowest BCUT2D eigenvalue weighted by atomic mass is 9.96. The van der Waals surface area contributed by atoms with E-state index in [9.17, 15) is 0 Å². The van der Waals surface area contributed by atoms with Gasteiger partial charge in [0, 0.05) is 16.9 Å². The van der Waals surface area contributed by atoms with Gasteiger partial charge >= 0.3 is 0 Å². The summed E-state index contributed by atoms with van der Waals surface area (Å²) in [6.45, 7) is 6.97. The molecule has 0 aromatic carbocycles. The zero-order valence-corrected chi connectivity index (χ0v) is 13.0. The van der Waals surface area contributed by atoms with Gasteiger partial charge in [-0.05, 0) is 15.9 Å². The van der Waals surface area contributed by atoms with Gasteiger partial charge in [-0.3, -0.25) is 0 Å². The molecular formula is C12H15BrN4S. The minimum Gasteiger partial charge on any atom is -0.364 e. The Hall–Kier alpha value is -1.01. The zero-order valence-electron chi connectivity index (χ0n) is 10.6. The fourth-order valence-corrected chi connectivity index (χ4v) is 2.29. The number of hydrogen-bond acceptors (Lipinski definition) is 5. The largest absolute Gasteiger partial charge is 0.364 e. The third-order valence-electron chi connectivity index (χ3n) is 2.30. The standard InChI is InChI=1S/C12H15BrN4S/c1-12(2,3)11-16-9(13)4-10(17-11)14-5-8-6-18-7-15-8/h4,6-7H,5H2,1-3H3,(H,14,16,17). The summed E-state index contributed by atoms with van der Waals surface area (Å²) in [6.07, 6.45) is 0. The van der Waals surface area contributed by atoms with Crippen LogP contribution < -0.4 is 5.32 Å². The number of anilines is 1. The van der Waals surface area contributed by atoms with E-state index in [2.05, 4.69) is 57.0 Å². The first-order chi connectivity index (χ1) is 8.45. The molecule has 2 aromatic heterocycles. The Bertz CT molecular complexity index is 519. The maximum atomic E-state index is 4.53. The van der Waals surface area contributed by atoms with Crippen LogP contribution in [0.1, 0.15) is 32.3 Å². The summed E-state index contributed by atoms with van der Waals surface area (Å²) in [6, 6.07) is 1.88. The van der Waals surface area contributed by atoms with Crippen LogP contribution in [-0.2, 0) is 12.0 Å². The van der Waals surface area contributed by atoms with Gasteiger partial charge in [0.1, 0.15) is 16.2 Å². The SMILES string of the molecule is CC(C)(C)c1nc(Br)cc(NCc2cscn2)n1. The van der Waals surface area contributed by atoms with Gasteiger partial charge in [-0.15, -0.1) is 11.3 Å². The molecule has 0 aliphatic rings. The van der Waals surface area contributed by atoms with Crippen LogP contribution in [0, 0.1) is 0 Å². The van der Waals surface area contributed by atoms with Crippen molar-refractivity contribution in [2.75, 3.05) is 5.32 Å². The molecule has 0 bridgehead atoms. The van der Waals surface area contributed by atoms with Gasteiger partial charge in [0.2, 0.25) is 0 Å². The molecule has 0 saturated carbocycles. The molecule has 2 rings (SSSR count). The Labute approximate surface area is 119 Å². The molecule has 18 heavy (non-hydrogen) atoms. The van der Waals surface area contributed by atoms with E-state index in [0.29, 0.717) is 6.54 Å². The van der Waals surface area contributed by atoms with Crippen molar-refractivity contribution in [3.63, 3.8) is 0 Å². The topological polar surface area (TPSA) is 50.7 Å². The highest BCUT2D eigenvalue weighted by Gasteiger charge is 2.18. The Morgan fingerprint density at radius 1 is 1.33 bits per heavy atom. The minimum atomic E-state index is -0.0686. The summed E-state index contributed by atoms with van der Waals surface area (Å²) >= 11 is 5.01. The molecule has 0 unspecified atom stereocenters. The fraction of sp³-hybridized carbons (Fsp3) is 0.417. The summed E-state index contributed by atoms with van der Waals surface area (Å²) in [7, 11) is 0. The monoisotopic (exact) mass is 326 g/mol. The van der Waals surface area contributed by atoms with E-state index < -0.39 is 0 Å². The first-order valence-corrected chi connectivity index (χ1v) is 7.35. The number of nitrogens with one attached hydrogen (secondary N) is 1. The second-order valence-corrected chi connectivity index (χ2v) is 6.51. The summed E-state index contributed by atoms with van der Waals surface area (Å²) < 4.78 is 0.795. The van der Waals surface area contributed by atoms with Crippen LogP contribution in [0.15, 0.2) is 21.6 Å². The molecule has 0 aliphatic heterocycles. The Morgan fingerprint density at radius 2 is 2.11 bits per heavy atom. The first kappa shape index (κ1) is 13.4. The lowest BCUT2D eigenvalue weighted by Crippen LogP contribution is -2.17. The van der Waals surface area contributed by atoms with Crippen molar-refractivity contribution in [3.8, 4) is 0 Å². The van der Waals surface area contributed by atoms with Crippen molar-refractivity contribution < 1.29 is 0 Å². The molecule has 4 nitrogen and oxygen atoms in total. The Morgan fingerprint density at radius 3 is 2.72 bits per heavy atom. The van der Waals surface area contributed by atoms with Gasteiger partial charge in [-0.2, -0.15) is 0 Å². The van der Waals surface area contributed by atoms with Crippen molar-refractivity contribution in [1.82, 2.24) is 15.0 Å². The van der Waals surface area contributed by atoms with E-state index in [0.717, 1.165) is 21.9 Å². The molecule has 0 amide bonds. The molecule has 0 fully saturated rings. The number of thiazole rings is 1. The summed E-state index contributed by atoms with van der Waals surface area (Å²) in [5, 5.41) is 5.29. The second kappa shape index (κ2) is 5.32. The smallest absolute Gasteiger partial charge is 0.137 e. The number of halogens is 1. The van der Waals surface area contributed by atoms with E-state index in [-0.39, 0.29) is 5.41 Å². The van der Waals surface area contributed by atoms with Crippen LogP contribution in [-0.4, -0.2) is 15.0 Å². The minimum absolute atomic E-state index is 0.0686. The average molecular weight is 327 g/mol. The molecular weight excluding hydrogens is 312 g/mol. The van der Waals surface area contributed by atoms with Crippen LogP contribution in [0.3, 0.4) is 0 Å². The molecule has 0 spiro atoms. The molecule has 2 aromatic rings. The van der Waals surface area contributed by atoms with Crippen LogP contribution >= 0.6 is 27.3 Å². The summed E-state index contributed by atoms with van der Waals surface area (Å²) in [5.41, 5.74) is 2.78. The molecule has 96 valence electrons. The van der Waals surface area contributed by atoms with Gasteiger partial charge in [0.05, 0.1) is 17.7 Å². The number of rotatable bonds is 3. The summed E-state index contributed by atoms with van der Waals surface area (Å²) in [4.78, 5) is 13.2. The van der Waals surface area contributed by atoms with E-state index in [1.807, 2.05) is 17.0 Å². The van der Waals surface area contributed by atoms with Gasteiger partial charge in [-0.25, -0.2) is 15.0 Å². The van der Waals surface area contributed by atoms with Gasteiger partial charge in [-0.1, -0.05) is 20.8 Å². The maximum Gasteiger partial charge on any atom is 0.137 e. The van der Waals surface area contributed by atoms with Gasteiger partial charge < -0.3 is 5.32 Å². The maximum absolute atomic E-state index is 4.53. The summed E-state index contributed by atoms with van der Waals surface area (Å²) in [5.74, 6) is 1.63. The molecule has 0 atom stereocenters. The highest BCUT2D eigenvalue weighted by Crippen LogP contribution is 2.22. The Kier molecular flexibility index (Phi) is 3.97. The molecule has 2 heterocycles. The van der Waals surface area contributed by atoms with E-state index >= 15 is 0 Å². The highest BCUT2D eigenvalue weighted by atomic mass is 79.9. The van der Waals surface area contributed by atoms with Gasteiger partial charge in [0.25, 0.3) is 0 Å². The molecule has 0 saturated heterocycles. The van der Waals surface area contributed by atoms with Crippen LogP contribution in [0.4, 0.5) is 5.82 Å². The van der Waals surface area contributed by atoms with Crippen molar-refractivity contribution in [3.05, 3.63) is 33.1 Å². The van der Waals surface area contributed by atoms with Crippen molar-refractivity contribution in [1.29, 1.82) is 0 Å². The van der Waals surface area contributed by atoms with E-state index in [1.54, 1.807) is 11.3 Å². The van der Waals surface area contributed by atoms with Crippen molar-refractivity contribution in [2.45, 2.75) is 32.7 Å². The Balaban J connectivity index is 2.15. The average Bonchev–Trinajstić information content (AvgIpc) is 2.77. The quantitative estimate of drug-likeness (QED) is 0.875. The fourth-order valence-electron chi connectivity index (χ4n) is 1.35. The lowest BCUT2D eigenvalue weighted by molar-refractivity contribution is 0.544. The van der Waals surface area contributed by atoms with Crippen LogP contribution in [0.5, 0.6) is 0 Å². The predicted octanol–water partition coefficient (Wildman–Crippen LogP) is 3.61. The predicted molar refractivity (Wildman–Crippen MR) is 77.9 cm³/mol. The van der Waals surface area contributed by atoms with Gasteiger partial charge in [0.15, 0.2) is 0 Å².